The van der Waals surface area contributed by atoms with E-state index in [0.29, 0.717) is 0 Å². The van der Waals surface area contributed by atoms with Crippen molar-refractivity contribution in [1.82, 2.24) is 4.57 Å². The third-order valence-corrected chi connectivity index (χ3v) is 15.0. The van der Waals surface area contributed by atoms with Gasteiger partial charge < -0.3 is 18.3 Å². The van der Waals surface area contributed by atoms with Crippen molar-refractivity contribution in [1.29, 1.82) is 0 Å². The summed E-state index contributed by atoms with van der Waals surface area (Å²) in [6.07, 6.45) is 0. The summed E-state index contributed by atoms with van der Waals surface area (Å²) in [5, 5.41) is 6.44. The molecule has 1 aliphatic carbocycles. The molecule has 0 bridgehead atoms. The zero-order chi connectivity index (χ0) is 46.6. The molecule has 4 nitrogen and oxygen atoms in total. The highest BCUT2D eigenvalue weighted by Crippen LogP contribution is 2.57. The molecule has 3 heterocycles. The number of nitrogens with zero attached hydrogens (tertiary/aromatic N) is 2. The lowest BCUT2D eigenvalue weighted by molar-refractivity contribution is 0.662. The number of aromatic nitrogens is 1. The molecule has 0 saturated heterocycles. The SMILES string of the molecule is c1ccc(-c2cccc(N(c3ccc4c(c3)C(c3ccccc3)(c3ccccc3)c3ccccc3-4)c3ccc4oc5c(-n6c7ccccc7c7ccccc76)c6c(cc5c4c3)oc3ccccc36)c2)cc1. The Labute approximate surface area is 409 Å². The summed E-state index contributed by atoms with van der Waals surface area (Å²) in [5.74, 6) is 0. The number of anilines is 3. The van der Waals surface area contributed by atoms with Gasteiger partial charge in [-0.25, -0.2) is 0 Å². The second kappa shape index (κ2) is 15.3. The van der Waals surface area contributed by atoms with Crippen LogP contribution in [0.5, 0.6) is 0 Å². The van der Waals surface area contributed by atoms with E-state index in [0.717, 1.165) is 88.8 Å². The van der Waals surface area contributed by atoms with E-state index < -0.39 is 5.41 Å². The van der Waals surface area contributed by atoms with Gasteiger partial charge in [-0.1, -0.05) is 188 Å². The summed E-state index contributed by atoms with van der Waals surface area (Å²) in [4.78, 5) is 2.42. The van der Waals surface area contributed by atoms with Crippen molar-refractivity contribution in [2.75, 3.05) is 4.90 Å². The van der Waals surface area contributed by atoms with Gasteiger partial charge >= 0.3 is 0 Å². The molecule has 0 radical (unpaired) electrons. The molecule has 0 aliphatic heterocycles. The van der Waals surface area contributed by atoms with Gasteiger partial charge in [0.2, 0.25) is 0 Å². The maximum absolute atomic E-state index is 7.20. The van der Waals surface area contributed by atoms with Gasteiger partial charge in [-0.3, -0.25) is 0 Å². The number of fused-ring (bicyclic) bond motifs is 12. The maximum Gasteiger partial charge on any atom is 0.160 e. The fourth-order valence-electron chi connectivity index (χ4n) is 12.1. The second-order valence-corrected chi connectivity index (χ2v) is 18.7. The maximum atomic E-state index is 7.20. The van der Waals surface area contributed by atoms with E-state index in [9.17, 15) is 0 Å². The number of para-hydroxylation sites is 3. The Kier molecular flexibility index (Phi) is 8.54. The fraction of sp³-hybridized carbons (Fsp3) is 0.0149. The minimum atomic E-state index is -0.562. The van der Waals surface area contributed by atoms with Crippen LogP contribution in [-0.4, -0.2) is 4.57 Å². The van der Waals surface area contributed by atoms with Crippen molar-refractivity contribution in [3.63, 3.8) is 0 Å². The molecule has 0 fully saturated rings. The quantitative estimate of drug-likeness (QED) is 0.160. The van der Waals surface area contributed by atoms with Crippen LogP contribution in [0.4, 0.5) is 17.1 Å². The van der Waals surface area contributed by atoms with Crippen LogP contribution in [-0.2, 0) is 5.41 Å². The average Bonchev–Trinajstić information content (AvgIpc) is 4.18. The van der Waals surface area contributed by atoms with Crippen LogP contribution in [0.15, 0.2) is 264 Å². The molecule has 0 saturated carbocycles. The zero-order valence-corrected chi connectivity index (χ0v) is 38.5. The van der Waals surface area contributed by atoms with Gasteiger partial charge in [-0.05, 0) is 111 Å². The van der Waals surface area contributed by atoms with E-state index in [4.69, 9.17) is 8.83 Å². The molecule has 14 aromatic rings. The van der Waals surface area contributed by atoms with Crippen LogP contribution in [0.3, 0.4) is 0 Å². The van der Waals surface area contributed by atoms with Gasteiger partial charge in [0.15, 0.2) is 5.58 Å². The molecule has 4 heteroatoms. The van der Waals surface area contributed by atoms with Gasteiger partial charge in [-0.2, -0.15) is 0 Å². The second-order valence-electron chi connectivity index (χ2n) is 18.7. The normalized spacial score (nSPS) is 12.9. The molecule has 11 aromatic carbocycles. The average molecular weight is 907 g/mol. The molecule has 0 amide bonds. The number of rotatable bonds is 7. The topological polar surface area (TPSA) is 34.5 Å². The van der Waals surface area contributed by atoms with Gasteiger partial charge in [-0.15, -0.1) is 0 Å². The Morgan fingerprint density at radius 1 is 0.338 bits per heavy atom. The van der Waals surface area contributed by atoms with Crippen LogP contribution in [0.1, 0.15) is 22.3 Å². The van der Waals surface area contributed by atoms with Crippen LogP contribution in [0, 0.1) is 0 Å². The van der Waals surface area contributed by atoms with Crippen LogP contribution in [0.25, 0.3) is 93.6 Å². The molecular weight excluding hydrogens is 865 g/mol. The van der Waals surface area contributed by atoms with E-state index in [1.54, 1.807) is 0 Å². The molecular formula is C67H42N2O2. The number of hydrogen-bond acceptors (Lipinski definition) is 3. The molecule has 332 valence electrons. The molecule has 0 N–H and O–H groups in total. The number of furan rings is 2. The van der Waals surface area contributed by atoms with Crippen molar-refractivity contribution in [2.45, 2.75) is 5.41 Å². The Hall–Kier alpha value is -9.38. The van der Waals surface area contributed by atoms with Crippen LogP contribution >= 0.6 is 0 Å². The van der Waals surface area contributed by atoms with Crippen molar-refractivity contribution in [2.24, 2.45) is 0 Å². The van der Waals surface area contributed by atoms with Crippen molar-refractivity contribution in [3.8, 4) is 27.9 Å². The predicted octanol–water partition coefficient (Wildman–Crippen LogP) is 18.1. The number of benzene rings is 11. The Morgan fingerprint density at radius 3 is 1.65 bits per heavy atom. The minimum Gasteiger partial charge on any atom is -0.456 e. The fourth-order valence-corrected chi connectivity index (χ4v) is 12.1. The summed E-state index contributed by atoms with van der Waals surface area (Å²) in [6.45, 7) is 0. The highest BCUT2D eigenvalue weighted by Gasteiger charge is 2.46. The van der Waals surface area contributed by atoms with E-state index >= 15 is 0 Å². The first-order chi connectivity index (χ1) is 35.2. The summed E-state index contributed by atoms with van der Waals surface area (Å²) in [5.41, 5.74) is 18.8. The molecule has 15 rings (SSSR count). The van der Waals surface area contributed by atoms with Gasteiger partial charge in [0.25, 0.3) is 0 Å². The van der Waals surface area contributed by atoms with E-state index in [1.807, 2.05) is 6.07 Å². The Morgan fingerprint density at radius 2 is 0.901 bits per heavy atom. The molecule has 71 heavy (non-hydrogen) atoms. The smallest absolute Gasteiger partial charge is 0.160 e. The van der Waals surface area contributed by atoms with Gasteiger partial charge in [0.05, 0.1) is 21.8 Å². The first-order valence-corrected chi connectivity index (χ1v) is 24.3. The predicted molar refractivity (Wildman–Crippen MR) is 293 cm³/mol. The lowest BCUT2D eigenvalue weighted by atomic mass is 9.67. The minimum absolute atomic E-state index is 0.562. The van der Waals surface area contributed by atoms with Gasteiger partial charge in [0, 0.05) is 44.0 Å². The van der Waals surface area contributed by atoms with Crippen molar-refractivity contribution < 1.29 is 8.83 Å². The summed E-state index contributed by atoms with van der Waals surface area (Å²) in [6, 6.07) is 92.2. The third-order valence-electron chi connectivity index (χ3n) is 15.0. The van der Waals surface area contributed by atoms with Crippen LogP contribution < -0.4 is 4.90 Å². The van der Waals surface area contributed by atoms with Crippen molar-refractivity contribution in [3.05, 3.63) is 277 Å². The van der Waals surface area contributed by atoms with Crippen LogP contribution in [0.2, 0.25) is 0 Å². The standard InChI is InChI=1S/C67H42N2O2/c1-4-19-43(20-5-1)44-21-18-26-47(39-44)68(49-35-37-51-50-27-10-14-31-57(50)67(58(51)41-49,45-22-6-2-7-23-45)46-24-8-3-9-25-46)48-36-38-62-55(40-48)56-42-63-64(54-30-13-17-34-61(54)70-63)65(66(56)71-62)69-59-32-15-11-28-52(59)53-29-12-16-33-60(53)69/h1-42H. The highest BCUT2D eigenvalue weighted by atomic mass is 16.3. The molecule has 1 aliphatic rings. The molecule has 0 spiro atoms. The van der Waals surface area contributed by atoms with E-state index in [2.05, 4.69) is 258 Å². The lowest BCUT2D eigenvalue weighted by Crippen LogP contribution is -2.28. The summed E-state index contributed by atoms with van der Waals surface area (Å²) in [7, 11) is 0. The van der Waals surface area contributed by atoms with Crippen molar-refractivity contribution >= 4 is 82.7 Å². The Bertz CT molecular complexity index is 4320. The highest BCUT2D eigenvalue weighted by molar-refractivity contribution is 6.23. The Balaban J connectivity index is 1.01. The number of hydrogen-bond donors (Lipinski definition) is 0. The zero-order valence-electron chi connectivity index (χ0n) is 38.5. The largest absolute Gasteiger partial charge is 0.456 e. The molecule has 3 aromatic heterocycles. The first-order valence-electron chi connectivity index (χ1n) is 24.3. The first kappa shape index (κ1) is 39.6. The monoisotopic (exact) mass is 906 g/mol. The van der Waals surface area contributed by atoms with E-state index in [-0.39, 0.29) is 0 Å². The summed E-state index contributed by atoms with van der Waals surface area (Å²) < 4.78 is 16.4. The van der Waals surface area contributed by atoms with Gasteiger partial charge in [0.1, 0.15) is 22.4 Å². The molecule has 0 unspecified atom stereocenters. The molecule has 0 atom stereocenters. The van der Waals surface area contributed by atoms with E-state index in [1.165, 1.54) is 44.2 Å². The third kappa shape index (κ3) is 5.73. The lowest BCUT2D eigenvalue weighted by Gasteiger charge is -2.35. The summed E-state index contributed by atoms with van der Waals surface area (Å²) >= 11 is 0.